The van der Waals surface area contributed by atoms with Gasteiger partial charge in [-0.3, -0.25) is 4.79 Å². The van der Waals surface area contributed by atoms with E-state index in [2.05, 4.69) is 9.72 Å². The minimum atomic E-state index is -5.05. The Hall–Kier alpha value is -1.99. The Bertz CT molecular complexity index is 477. The fourth-order valence-corrected chi connectivity index (χ4v) is 1.07. The van der Waals surface area contributed by atoms with Gasteiger partial charge in [-0.15, -0.1) is 13.2 Å². The summed E-state index contributed by atoms with van der Waals surface area (Å²) in [5.41, 5.74) is -2.16. The Kier molecular flexibility index (Phi) is 2.92. The maximum atomic E-state index is 11.9. The first-order valence-corrected chi connectivity index (χ1v) is 3.93. The lowest BCUT2D eigenvalue weighted by molar-refractivity contribution is -0.274. The second-order valence-corrected chi connectivity index (χ2v) is 2.87. The highest BCUT2D eigenvalue weighted by Gasteiger charge is 2.34. The van der Waals surface area contributed by atoms with Crippen LogP contribution in [-0.4, -0.2) is 22.4 Å². The van der Waals surface area contributed by atoms with Crippen molar-refractivity contribution >= 4 is 5.97 Å². The zero-order valence-corrected chi connectivity index (χ0v) is 7.88. The van der Waals surface area contributed by atoms with Crippen molar-refractivity contribution in [2.75, 3.05) is 0 Å². The molecule has 0 unspecified atom stereocenters. The smallest absolute Gasteiger partial charge is 0.477 e. The van der Waals surface area contributed by atoms with E-state index in [-0.39, 0.29) is 5.69 Å². The van der Waals surface area contributed by atoms with Crippen molar-refractivity contribution in [1.29, 1.82) is 0 Å². The topological polar surface area (TPSA) is 79.4 Å². The quantitative estimate of drug-likeness (QED) is 0.811. The van der Waals surface area contributed by atoms with E-state index in [1.807, 2.05) is 0 Å². The molecule has 0 radical (unpaired) electrons. The molecule has 8 heteroatoms. The van der Waals surface area contributed by atoms with Crippen LogP contribution in [-0.2, 0) is 0 Å². The number of hydrogen-bond acceptors (Lipinski definition) is 3. The fraction of sp³-hybridized carbons (Fsp3) is 0.250. The van der Waals surface area contributed by atoms with Crippen LogP contribution in [0.2, 0.25) is 0 Å². The number of carboxylic acid groups (broad SMARTS) is 1. The molecule has 0 atom stereocenters. The number of rotatable bonds is 2. The molecule has 16 heavy (non-hydrogen) atoms. The maximum absolute atomic E-state index is 11.9. The molecule has 0 fully saturated rings. The van der Waals surface area contributed by atoms with Crippen LogP contribution in [0.1, 0.15) is 16.1 Å². The number of carbonyl (C=O) groups is 1. The summed E-state index contributed by atoms with van der Waals surface area (Å²) in [7, 11) is 0. The van der Waals surface area contributed by atoms with Gasteiger partial charge in [0.15, 0.2) is 11.3 Å². The van der Waals surface area contributed by atoms with Crippen molar-refractivity contribution in [1.82, 2.24) is 4.98 Å². The number of ether oxygens (including phenoxy) is 1. The van der Waals surface area contributed by atoms with Gasteiger partial charge in [0, 0.05) is 11.8 Å². The fourth-order valence-electron chi connectivity index (χ4n) is 1.07. The van der Waals surface area contributed by atoms with Crippen LogP contribution in [0.25, 0.3) is 0 Å². The summed E-state index contributed by atoms with van der Waals surface area (Å²) in [6.07, 6.45) is -5.05. The number of hydrogen-bond donors (Lipinski definition) is 2. The van der Waals surface area contributed by atoms with E-state index in [1.165, 1.54) is 6.92 Å². The molecule has 0 saturated carbocycles. The van der Waals surface area contributed by atoms with E-state index >= 15 is 0 Å². The SMILES string of the molecule is Cc1cc(OC(F)(F)F)c(C(=O)O)c(=O)[nH]1. The zero-order chi connectivity index (χ0) is 12.5. The van der Waals surface area contributed by atoms with E-state index in [1.54, 1.807) is 0 Å². The van der Waals surface area contributed by atoms with E-state index < -0.39 is 29.2 Å². The number of H-pyrrole nitrogens is 1. The highest BCUT2D eigenvalue weighted by molar-refractivity contribution is 5.90. The normalized spacial score (nSPS) is 11.2. The van der Waals surface area contributed by atoms with Crippen LogP contribution in [0.3, 0.4) is 0 Å². The van der Waals surface area contributed by atoms with Crippen LogP contribution in [0.15, 0.2) is 10.9 Å². The Morgan fingerprint density at radius 3 is 2.50 bits per heavy atom. The molecule has 0 spiro atoms. The molecule has 2 N–H and O–H groups in total. The van der Waals surface area contributed by atoms with Gasteiger partial charge in [0.05, 0.1) is 0 Å². The molecule has 5 nitrogen and oxygen atoms in total. The van der Waals surface area contributed by atoms with Crippen LogP contribution < -0.4 is 10.3 Å². The molecule has 0 saturated heterocycles. The van der Waals surface area contributed by atoms with Crippen LogP contribution in [0, 0.1) is 6.92 Å². The number of carboxylic acids is 1. The lowest BCUT2D eigenvalue weighted by Crippen LogP contribution is -2.25. The van der Waals surface area contributed by atoms with Gasteiger partial charge in [0.1, 0.15) is 0 Å². The van der Waals surface area contributed by atoms with Crippen molar-refractivity contribution in [3.8, 4) is 5.75 Å². The van der Waals surface area contributed by atoms with E-state index in [0.29, 0.717) is 0 Å². The first-order chi connectivity index (χ1) is 7.20. The first-order valence-electron chi connectivity index (χ1n) is 3.93. The lowest BCUT2D eigenvalue weighted by atomic mass is 10.2. The second-order valence-electron chi connectivity index (χ2n) is 2.87. The molecule has 1 aromatic heterocycles. The summed E-state index contributed by atoms with van der Waals surface area (Å²) in [6.45, 7) is 1.30. The minimum absolute atomic E-state index is 0.0641. The average Bonchev–Trinajstić information content (AvgIpc) is 1.96. The van der Waals surface area contributed by atoms with E-state index in [0.717, 1.165) is 6.07 Å². The standard InChI is InChI=1S/C8H6F3NO4/c1-3-2-4(16-8(9,10)11)5(7(14)15)6(13)12-3/h2H,1H3,(H,12,13)(H,14,15). The molecule has 0 amide bonds. The van der Waals surface area contributed by atoms with Gasteiger partial charge < -0.3 is 14.8 Å². The number of nitrogens with one attached hydrogen (secondary N) is 1. The predicted octanol–water partition coefficient (Wildman–Crippen LogP) is 1.28. The Balaban J connectivity index is 3.36. The highest BCUT2D eigenvalue weighted by atomic mass is 19.4. The summed E-state index contributed by atoms with van der Waals surface area (Å²) >= 11 is 0. The van der Waals surface area contributed by atoms with Crippen molar-refractivity contribution < 1.29 is 27.8 Å². The monoisotopic (exact) mass is 237 g/mol. The first kappa shape index (κ1) is 12.1. The summed E-state index contributed by atoms with van der Waals surface area (Å²) in [6, 6.07) is 0.790. The number of halogens is 3. The minimum Gasteiger partial charge on any atom is -0.477 e. The third-order valence-corrected chi connectivity index (χ3v) is 1.57. The van der Waals surface area contributed by atoms with Gasteiger partial charge in [-0.2, -0.15) is 0 Å². The molecule has 88 valence electrons. The largest absolute Gasteiger partial charge is 0.573 e. The molecule has 1 rings (SSSR count). The molecule has 0 bridgehead atoms. The van der Waals surface area contributed by atoms with Gasteiger partial charge in [0.25, 0.3) is 5.56 Å². The van der Waals surface area contributed by atoms with Gasteiger partial charge in [0.2, 0.25) is 0 Å². The number of aromatic amines is 1. The highest BCUT2D eigenvalue weighted by Crippen LogP contribution is 2.24. The zero-order valence-electron chi connectivity index (χ0n) is 7.88. The third-order valence-electron chi connectivity index (χ3n) is 1.57. The molecule has 0 aromatic carbocycles. The number of aryl methyl sites for hydroxylation is 1. The molecular weight excluding hydrogens is 231 g/mol. The number of aromatic nitrogens is 1. The van der Waals surface area contributed by atoms with Gasteiger partial charge >= 0.3 is 12.3 Å². The molecule has 1 aromatic rings. The number of alkyl halides is 3. The number of aromatic carboxylic acids is 1. The molecular formula is C8H6F3NO4. The molecule has 0 aliphatic heterocycles. The van der Waals surface area contributed by atoms with Gasteiger partial charge in [-0.1, -0.05) is 0 Å². The van der Waals surface area contributed by atoms with Crippen LogP contribution in [0.4, 0.5) is 13.2 Å². The lowest BCUT2D eigenvalue weighted by Gasteiger charge is -2.11. The predicted molar refractivity (Wildman–Crippen MR) is 45.4 cm³/mol. The molecule has 0 aliphatic rings. The maximum Gasteiger partial charge on any atom is 0.573 e. The Labute approximate surface area is 86.5 Å². The Morgan fingerprint density at radius 2 is 2.06 bits per heavy atom. The Morgan fingerprint density at radius 1 is 1.50 bits per heavy atom. The van der Waals surface area contributed by atoms with Crippen molar-refractivity contribution in [3.63, 3.8) is 0 Å². The van der Waals surface area contributed by atoms with Crippen LogP contribution >= 0.6 is 0 Å². The van der Waals surface area contributed by atoms with Gasteiger partial charge in [-0.05, 0) is 6.92 Å². The summed E-state index contributed by atoms with van der Waals surface area (Å²) in [5, 5.41) is 8.57. The summed E-state index contributed by atoms with van der Waals surface area (Å²) < 4.78 is 39.2. The summed E-state index contributed by atoms with van der Waals surface area (Å²) in [5.74, 6) is -2.82. The van der Waals surface area contributed by atoms with E-state index in [9.17, 15) is 22.8 Å². The van der Waals surface area contributed by atoms with E-state index in [4.69, 9.17) is 5.11 Å². The number of pyridine rings is 1. The van der Waals surface area contributed by atoms with Crippen molar-refractivity contribution in [2.45, 2.75) is 13.3 Å². The molecule has 0 aliphatic carbocycles. The summed E-state index contributed by atoms with van der Waals surface area (Å²) in [4.78, 5) is 23.7. The van der Waals surface area contributed by atoms with Crippen LogP contribution in [0.5, 0.6) is 5.75 Å². The van der Waals surface area contributed by atoms with Crippen molar-refractivity contribution in [2.24, 2.45) is 0 Å². The third kappa shape index (κ3) is 2.75. The van der Waals surface area contributed by atoms with Crippen molar-refractivity contribution in [3.05, 3.63) is 27.7 Å². The average molecular weight is 237 g/mol. The second kappa shape index (κ2) is 3.87. The van der Waals surface area contributed by atoms with Gasteiger partial charge in [-0.25, -0.2) is 4.79 Å². The molecule has 1 heterocycles.